The summed E-state index contributed by atoms with van der Waals surface area (Å²) in [4.78, 5) is 25.1. The maximum absolute atomic E-state index is 12.4. The van der Waals surface area contributed by atoms with E-state index in [9.17, 15) is 9.59 Å². The molecule has 2 aliphatic rings. The first kappa shape index (κ1) is 14.1. The Bertz CT molecular complexity index is 555. The third-order valence-corrected chi connectivity index (χ3v) is 4.80. The molecule has 1 aromatic rings. The van der Waals surface area contributed by atoms with Crippen molar-refractivity contribution in [2.75, 3.05) is 13.1 Å². The number of fused-ring (bicyclic) bond motifs is 1. The Kier molecular flexibility index (Phi) is 3.95. The number of amides is 1. The second-order valence-corrected chi connectivity index (χ2v) is 6.16. The number of carboxylic acids is 1. The fraction of sp³-hybridized carbons (Fsp3) is 0.529. The Labute approximate surface area is 124 Å². The van der Waals surface area contributed by atoms with Crippen LogP contribution in [-0.2, 0) is 16.0 Å². The fourth-order valence-corrected chi connectivity index (χ4v) is 3.59. The van der Waals surface area contributed by atoms with Crippen LogP contribution in [0.25, 0.3) is 0 Å². The van der Waals surface area contributed by atoms with E-state index in [1.165, 1.54) is 11.1 Å². The van der Waals surface area contributed by atoms with E-state index in [1.54, 1.807) is 4.90 Å². The summed E-state index contributed by atoms with van der Waals surface area (Å²) < 4.78 is 0. The van der Waals surface area contributed by atoms with Gasteiger partial charge in [-0.2, -0.15) is 0 Å². The van der Waals surface area contributed by atoms with E-state index in [0.29, 0.717) is 31.8 Å². The SMILES string of the molecule is O=C(O)[C@@H]1CCN(C(=O)C[C@@H]2CCCc3ccccc32)C1. The largest absolute Gasteiger partial charge is 0.481 e. The van der Waals surface area contributed by atoms with Crippen LogP contribution in [0.4, 0.5) is 0 Å². The van der Waals surface area contributed by atoms with Crippen molar-refractivity contribution in [1.29, 1.82) is 0 Å². The van der Waals surface area contributed by atoms with E-state index >= 15 is 0 Å². The molecule has 3 rings (SSSR count). The first-order valence-electron chi connectivity index (χ1n) is 7.73. The van der Waals surface area contributed by atoms with Crippen LogP contribution in [-0.4, -0.2) is 35.0 Å². The lowest BCUT2D eigenvalue weighted by Crippen LogP contribution is -2.31. The zero-order valence-electron chi connectivity index (χ0n) is 12.1. The Hall–Kier alpha value is -1.84. The summed E-state index contributed by atoms with van der Waals surface area (Å²) in [7, 11) is 0. The number of nitrogens with zero attached hydrogens (tertiary/aromatic N) is 1. The third kappa shape index (κ3) is 2.94. The summed E-state index contributed by atoms with van der Waals surface area (Å²) in [5, 5.41) is 9.03. The van der Waals surface area contributed by atoms with Gasteiger partial charge in [-0.15, -0.1) is 0 Å². The van der Waals surface area contributed by atoms with Gasteiger partial charge in [-0.25, -0.2) is 0 Å². The molecular formula is C17H21NO3. The highest BCUT2D eigenvalue weighted by Crippen LogP contribution is 2.34. The van der Waals surface area contributed by atoms with Crippen molar-refractivity contribution < 1.29 is 14.7 Å². The van der Waals surface area contributed by atoms with Gasteiger partial charge in [0.05, 0.1) is 5.92 Å². The molecule has 2 atom stereocenters. The lowest BCUT2D eigenvalue weighted by atomic mass is 9.81. The van der Waals surface area contributed by atoms with Gasteiger partial charge in [0.2, 0.25) is 5.91 Å². The van der Waals surface area contributed by atoms with Crippen LogP contribution in [0.5, 0.6) is 0 Å². The first-order valence-corrected chi connectivity index (χ1v) is 7.73. The van der Waals surface area contributed by atoms with Crippen molar-refractivity contribution in [1.82, 2.24) is 4.90 Å². The summed E-state index contributed by atoms with van der Waals surface area (Å²) in [6, 6.07) is 8.39. The maximum Gasteiger partial charge on any atom is 0.308 e. The molecule has 4 nitrogen and oxygen atoms in total. The molecule has 0 saturated carbocycles. The molecule has 1 heterocycles. The van der Waals surface area contributed by atoms with Gasteiger partial charge in [0.25, 0.3) is 0 Å². The van der Waals surface area contributed by atoms with E-state index in [-0.39, 0.29) is 11.8 Å². The molecule has 4 heteroatoms. The molecule has 1 saturated heterocycles. The molecule has 1 N–H and O–H groups in total. The van der Waals surface area contributed by atoms with Gasteiger partial charge >= 0.3 is 5.97 Å². The molecule has 1 aromatic carbocycles. The van der Waals surface area contributed by atoms with Crippen molar-refractivity contribution in [2.24, 2.45) is 5.92 Å². The smallest absolute Gasteiger partial charge is 0.308 e. The van der Waals surface area contributed by atoms with E-state index < -0.39 is 5.97 Å². The second kappa shape index (κ2) is 5.88. The quantitative estimate of drug-likeness (QED) is 0.929. The summed E-state index contributed by atoms with van der Waals surface area (Å²) in [5.41, 5.74) is 2.68. The highest BCUT2D eigenvalue weighted by molar-refractivity contribution is 5.79. The number of hydrogen-bond acceptors (Lipinski definition) is 2. The van der Waals surface area contributed by atoms with E-state index in [0.717, 1.165) is 19.3 Å². The topological polar surface area (TPSA) is 57.6 Å². The van der Waals surface area contributed by atoms with E-state index in [1.807, 2.05) is 6.07 Å². The standard InChI is InChI=1S/C17H21NO3/c19-16(18-9-8-14(11-18)17(20)21)10-13-6-3-5-12-4-1-2-7-15(12)13/h1-2,4,7,13-14H,3,5-6,8-11H2,(H,20,21)/t13-,14+/m0/s1. The van der Waals surface area contributed by atoms with Gasteiger partial charge in [0.1, 0.15) is 0 Å². The number of likely N-dealkylation sites (tertiary alicyclic amines) is 1. The van der Waals surface area contributed by atoms with Crippen molar-refractivity contribution in [3.8, 4) is 0 Å². The highest BCUT2D eigenvalue weighted by Gasteiger charge is 2.32. The van der Waals surface area contributed by atoms with Crippen LogP contribution < -0.4 is 0 Å². The summed E-state index contributed by atoms with van der Waals surface area (Å²) >= 11 is 0. The molecular weight excluding hydrogens is 266 g/mol. The van der Waals surface area contributed by atoms with Crippen LogP contribution >= 0.6 is 0 Å². The lowest BCUT2D eigenvalue weighted by molar-refractivity contribution is -0.141. The molecule has 0 aromatic heterocycles. The predicted molar refractivity (Wildman–Crippen MR) is 79.1 cm³/mol. The Balaban J connectivity index is 1.65. The zero-order valence-corrected chi connectivity index (χ0v) is 12.1. The number of carbonyl (C=O) groups is 2. The van der Waals surface area contributed by atoms with Crippen molar-refractivity contribution in [2.45, 2.75) is 38.0 Å². The van der Waals surface area contributed by atoms with E-state index in [2.05, 4.69) is 18.2 Å². The Morgan fingerprint density at radius 3 is 2.81 bits per heavy atom. The average Bonchev–Trinajstić information content (AvgIpc) is 2.98. The Morgan fingerprint density at radius 2 is 2.05 bits per heavy atom. The molecule has 1 fully saturated rings. The number of hydrogen-bond donors (Lipinski definition) is 1. The molecule has 0 radical (unpaired) electrons. The number of aryl methyl sites for hydroxylation is 1. The van der Waals surface area contributed by atoms with E-state index in [4.69, 9.17) is 5.11 Å². The van der Waals surface area contributed by atoms with Gasteiger partial charge < -0.3 is 10.0 Å². The fourth-order valence-electron chi connectivity index (χ4n) is 3.59. The number of rotatable bonds is 3. The zero-order chi connectivity index (χ0) is 14.8. The molecule has 112 valence electrons. The van der Waals surface area contributed by atoms with Crippen molar-refractivity contribution in [3.05, 3.63) is 35.4 Å². The van der Waals surface area contributed by atoms with Crippen LogP contribution in [0.1, 0.15) is 42.7 Å². The molecule has 1 aliphatic heterocycles. The van der Waals surface area contributed by atoms with Gasteiger partial charge in [0, 0.05) is 19.5 Å². The highest BCUT2D eigenvalue weighted by atomic mass is 16.4. The molecule has 1 aliphatic carbocycles. The monoisotopic (exact) mass is 287 g/mol. The molecule has 0 spiro atoms. The molecule has 0 unspecified atom stereocenters. The van der Waals surface area contributed by atoms with Crippen LogP contribution in [0.15, 0.2) is 24.3 Å². The average molecular weight is 287 g/mol. The molecule has 1 amide bonds. The second-order valence-electron chi connectivity index (χ2n) is 6.16. The molecule has 0 bridgehead atoms. The first-order chi connectivity index (χ1) is 10.1. The minimum Gasteiger partial charge on any atom is -0.481 e. The van der Waals surface area contributed by atoms with Crippen LogP contribution in [0.2, 0.25) is 0 Å². The number of benzene rings is 1. The minimum atomic E-state index is -0.784. The molecule has 21 heavy (non-hydrogen) atoms. The predicted octanol–water partition coefficient (Wildman–Crippen LogP) is 2.43. The van der Waals surface area contributed by atoms with Gasteiger partial charge in [-0.3, -0.25) is 9.59 Å². The van der Waals surface area contributed by atoms with Crippen LogP contribution in [0, 0.1) is 5.92 Å². The van der Waals surface area contributed by atoms with Crippen molar-refractivity contribution in [3.63, 3.8) is 0 Å². The maximum atomic E-state index is 12.4. The van der Waals surface area contributed by atoms with Crippen molar-refractivity contribution >= 4 is 11.9 Å². The summed E-state index contributed by atoms with van der Waals surface area (Å²) in [6.45, 7) is 0.965. The summed E-state index contributed by atoms with van der Waals surface area (Å²) in [6.07, 6.45) is 4.39. The number of aliphatic carboxylic acids is 1. The summed E-state index contributed by atoms with van der Waals surface area (Å²) in [5.74, 6) is -0.757. The Morgan fingerprint density at radius 1 is 1.24 bits per heavy atom. The third-order valence-electron chi connectivity index (χ3n) is 4.80. The van der Waals surface area contributed by atoms with Gasteiger partial charge in [0.15, 0.2) is 0 Å². The lowest BCUT2D eigenvalue weighted by Gasteiger charge is -2.27. The normalized spacial score (nSPS) is 24.7. The van der Waals surface area contributed by atoms with Crippen LogP contribution in [0.3, 0.4) is 0 Å². The van der Waals surface area contributed by atoms with Gasteiger partial charge in [-0.05, 0) is 42.7 Å². The minimum absolute atomic E-state index is 0.112. The number of carbonyl (C=O) groups excluding carboxylic acids is 1. The number of carboxylic acid groups (broad SMARTS) is 1. The van der Waals surface area contributed by atoms with Gasteiger partial charge in [-0.1, -0.05) is 24.3 Å².